The van der Waals surface area contributed by atoms with Crippen molar-refractivity contribution in [3.63, 3.8) is 0 Å². The summed E-state index contributed by atoms with van der Waals surface area (Å²) in [5.74, 6) is -2.82. The number of hydrogen-bond donors (Lipinski definition) is 0. The molecule has 0 aliphatic carbocycles. The maximum Gasteiger partial charge on any atom is 0.341 e. The molecule has 7 heteroatoms. The summed E-state index contributed by atoms with van der Waals surface area (Å²) in [7, 11) is 2.06. The van der Waals surface area contributed by atoms with Gasteiger partial charge < -0.3 is 9.47 Å². The van der Waals surface area contributed by atoms with Crippen molar-refractivity contribution < 1.29 is 27.8 Å². The van der Waals surface area contributed by atoms with Crippen molar-refractivity contribution in [1.29, 1.82) is 0 Å². The topological polar surface area (TPSA) is 52.6 Å². The van der Waals surface area contributed by atoms with Gasteiger partial charge in [-0.05, 0) is 23.3 Å². The zero-order valence-electron chi connectivity index (χ0n) is 12.4. The lowest BCUT2D eigenvalue weighted by Crippen LogP contribution is -2.17. The second-order valence-electron chi connectivity index (χ2n) is 5.02. The van der Waals surface area contributed by atoms with E-state index in [4.69, 9.17) is 0 Å². The van der Waals surface area contributed by atoms with Gasteiger partial charge >= 0.3 is 11.9 Å². The van der Waals surface area contributed by atoms with E-state index in [0.29, 0.717) is 11.5 Å². The molecule has 0 atom stereocenters. The number of halogens is 2. The lowest BCUT2D eigenvalue weighted by Gasteiger charge is -2.13. The Morgan fingerprint density at radius 3 is 1.65 bits per heavy atom. The fourth-order valence-electron chi connectivity index (χ4n) is 2.67. The van der Waals surface area contributed by atoms with Crippen LogP contribution in [-0.2, 0) is 21.0 Å². The van der Waals surface area contributed by atoms with Crippen LogP contribution < -0.4 is 0 Å². The molecule has 2 aromatic carbocycles. The molecule has 0 amide bonds. The van der Waals surface area contributed by atoms with E-state index < -0.39 is 34.7 Å². The molecule has 3 rings (SSSR count). The highest BCUT2D eigenvalue weighted by molar-refractivity contribution is 7.98. The lowest BCUT2D eigenvalue weighted by molar-refractivity contribution is 0.0547. The quantitative estimate of drug-likeness (QED) is 0.785. The number of carbonyl (C=O) groups is 2. The van der Waals surface area contributed by atoms with Crippen molar-refractivity contribution in [1.82, 2.24) is 0 Å². The van der Waals surface area contributed by atoms with Crippen LogP contribution in [0.3, 0.4) is 0 Å². The van der Waals surface area contributed by atoms with Crippen LogP contribution in [0.1, 0.15) is 31.8 Å². The third-order valence-electron chi connectivity index (χ3n) is 3.80. The van der Waals surface area contributed by atoms with E-state index in [1.807, 2.05) is 0 Å². The molecule has 120 valence electrons. The number of hydrogen-bond acceptors (Lipinski definition) is 5. The molecule has 0 saturated carbocycles. The molecular formula is C16H12F2O4S. The Morgan fingerprint density at radius 1 is 0.913 bits per heavy atom. The van der Waals surface area contributed by atoms with Gasteiger partial charge in [0, 0.05) is 22.3 Å². The lowest BCUT2D eigenvalue weighted by atomic mass is 9.95. The van der Waals surface area contributed by atoms with E-state index in [9.17, 15) is 18.4 Å². The molecular weight excluding hydrogens is 326 g/mol. The summed E-state index contributed by atoms with van der Waals surface area (Å²) >= 11 is 1.63. The molecule has 0 bridgehead atoms. The Balaban J connectivity index is 2.44. The monoisotopic (exact) mass is 338 g/mol. The van der Waals surface area contributed by atoms with E-state index >= 15 is 0 Å². The van der Waals surface area contributed by atoms with Gasteiger partial charge in [0.2, 0.25) is 0 Å². The van der Waals surface area contributed by atoms with Gasteiger partial charge in [-0.15, -0.1) is 0 Å². The van der Waals surface area contributed by atoms with Crippen LogP contribution in [0.15, 0.2) is 12.1 Å². The predicted octanol–water partition coefficient (Wildman–Crippen LogP) is 3.44. The summed E-state index contributed by atoms with van der Waals surface area (Å²) in [6, 6.07) is 3.05. The maximum absolute atomic E-state index is 14.8. The van der Waals surface area contributed by atoms with Crippen LogP contribution >= 0.6 is 11.8 Å². The SMILES string of the molecule is COC(=O)c1c(C(=O)OC)c(F)c2cc3c(cc2c1F)CSC3. The van der Waals surface area contributed by atoms with Gasteiger partial charge in [0.15, 0.2) is 0 Å². The van der Waals surface area contributed by atoms with Gasteiger partial charge in [-0.25, -0.2) is 18.4 Å². The number of esters is 2. The third kappa shape index (κ3) is 2.35. The minimum atomic E-state index is -1.13. The summed E-state index contributed by atoms with van der Waals surface area (Å²) in [6.45, 7) is 0. The fourth-order valence-corrected chi connectivity index (χ4v) is 3.75. The Hall–Kier alpha value is -2.15. The number of rotatable bonds is 2. The van der Waals surface area contributed by atoms with Crippen molar-refractivity contribution in [3.8, 4) is 0 Å². The highest BCUT2D eigenvalue weighted by Crippen LogP contribution is 2.37. The van der Waals surface area contributed by atoms with E-state index in [0.717, 1.165) is 25.3 Å². The first-order valence-corrected chi connectivity index (χ1v) is 7.85. The molecule has 23 heavy (non-hydrogen) atoms. The molecule has 4 nitrogen and oxygen atoms in total. The molecule has 0 saturated heterocycles. The van der Waals surface area contributed by atoms with Gasteiger partial charge in [0.1, 0.15) is 22.8 Å². The first-order chi connectivity index (χ1) is 11.0. The van der Waals surface area contributed by atoms with Gasteiger partial charge in [0.25, 0.3) is 0 Å². The maximum atomic E-state index is 14.8. The van der Waals surface area contributed by atoms with Crippen LogP contribution in [-0.4, -0.2) is 26.2 Å². The van der Waals surface area contributed by atoms with Gasteiger partial charge in [-0.3, -0.25) is 0 Å². The van der Waals surface area contributed by atoms with E-state index in [2.05, 4.69) is 9.47 Å². The normalized spacial score (nSPS) is 13.0. The molecule has 2 aromatic rings. The molecule has 1 heterocycles. The number of benzene rings is 2. The number of carbonyl (C=O) groups excluding carboxylic acids is 2. The molecule has 0 fully saturated rings. The Morgan fingerprint density at radius 2 is 1.30 bits per heavy atom. The number of thioether (sulfide) groups is 1. The summed E-state index contributed by atoms with van der Waals surface area (Å²) in [5, 5.41) is -0.0893. The second-order valence-corrected chi connectivity index (χ2v) is 6.01. The molecule has 0 N–H and O–H groups in total. The summed E-state index contributed by atoms with van der Waals surface area (Å²) in [5.41, 5.74) is 0.301. The van der Waals surface area contributed by atoms with Gasteiger partial charge in [0.05, 0.1) is 14.2 Å². The van der Waals surface area contributed by atoms with Crippen LogP contribution in [0.25, 0.3) is 10.8 Å². The van der Waals surface area contributed by atoms with Crippen molar-refractivity contribution in [2.24, 2.45) is 0 Å². The highest BCUT2D eigenvalue weighted by Gasteiger charge is 2.31. The molecule has 0 unspecified atom stereocenters. The van der Waals surface area contributed by atoms with Gasteiger partial charge in [-0.1, -0.05) is 0 Å². The minimum Gasteiger partial charge on any atom is -0.465 e. The van der Waals surface area contributed by atoms with Crippen molar-refractivity contribution >= 4 is 34.5 Å². The Labute approximate surface area is 134 Å². The fraction of sp³-hybridized carbons (Fsp3) is 0.250. The first kappa shape index (κ1) is 15.7. The zero-order chi connectivity index (χ0) is 16.7. The molecule has 0 spiro atoms. The zero-order valence-corrected chi connectivity index (χ0v) is 13.2. The first-order valence-electron chi connectivity index (χ1n) is 6.70. The predicted molar refractivity (Wildman–Crippen MR) is 81.5 cm³/mol. The third-order valence-corrected chi connectivity index (χ3v) is 4.83. The van der Waals surface area contributed by atoms with Crippen LogP contribution in [0.4, 0.5) is 8.78 Å². The van der Waals surface area contributed by atoms with E-state index in [-0.39, 0.29) is 10.8 Å². The van der Waals surface area contributed by atoms with Crippen molar-refractivity contribution in [3.05, 3.63) is 46.0 Å². The van der Waals surface area contributed by atoms with Crippen molar-refractivity contribution in [2.45, 2.75) is 11.5 Å². The average molecular weight is 338 g/mol. The van der Waals surface area contributed by atoms with Crippen LogP contribution in [0, 0.1) is 11.6 Å². The summed E-state index contributed by atoms with van der Waals surface area (Å²) in [4.78, 5) is 23.7. The summed E-state index contributed by atoms with van der Waals surface area (Å²) < 4.78 is 38.6. The van der Waals surface area contributed by atoms with Crippen molar-refractivity contribution in [2.75, 3.05) is 14.2 Å². The standard InChI is InChI=1S/C16H12F2O4S/c1-21-15(19)11-12(16(20)22-2)14(18)10-4-8-6-23-5-7(8)3-9(10)13(11)17/h3-4H,5-6H2,1-2H3. The Kier molecular flexibility index (Phi) is 3.97. The van der Waals surface area contributed by atoms with E-state index in [1.165, 1.54) is 12.1 Å². The van der Waals surface area contributed by atoms with Crippen LogP contribution in [0.5, 0.6) is 0 Å². The minimum absolute atomic E-state index is 0.0446. The number of ether oxygens (including phenoxy) is 2. The highest BCUT2D eigenvalue weighted by atomic mass is 32.2. The second kappa shape index (κ2) is 5.81. The smallest absolute Gasteiger partial charge is 0.341 e. The number of fused-ring (bicyclic) bond motifs is 2. The molecule has 0 radical (unpaired) electrons. The number of methoxy groups -OCH3 is 2. The average Bonchev–Trinajstić information content (AvgIpc) is 3.02. The largest absolute Gasteiger partial charge is 0.465 e. The summed E-state index contributed by atoms with van der Waals surface area (Å²) in [6.07, 6.45) is 0. The molecule has 0 aromatic heterocycles. The Bertz CT molecular complexity index is 780. The van der Waals surface area contributed by atoms with E-state index in [1.54, 1.807) is 11.8 Å². The van der Waals surface area contributed by atoms with Gasteiger partial charge in [-0.2, -0.15) is 11.8 Å². The van der Waals surface area contributed by atoms with Crippen LogP contribution in [0.2, 0.25) is 0 Å². The molecule has 1 aliphatic heterocycles. The molecule has 1 aliphatic rings.